The summed E-state index contributed by atoms with van der Waals surface area (Å²) in [7, 11) is 1.85. The van der Waals surface area contributed by atoms with Gasteiger partial charge in [-0.15, -0.1) is 5.10 Å². The highest BCUT2D eigenvalue weighted by Crippen LogP contribution is 2.20. The van der Waals surface area contributed by atoms with E-state index < -0.39 is 0 Å². The van der Waals surface area contributed by atoms with Crippen LogP contribution in [-0.2, 0) is 13.6 Å². The quantitative estimate of drug-likeness (QED) is 0.681. The van der Waals surface area contributed by atoms with Crippen LogP contribution in [0.15, 0.2) is 36.7 Å². The molecule has 1 aromatic carbocycles. The van der Waals surface area contributed by atoms with Crippen molar-refractivity contribution >= 4 is 10.9 Å². The van der Waals surface area contributed by atoms with Crippen LogP contribution in [0.25, 0.3) is 10.9 Å². The number of hydrogen-bond acceptors (Lipinski definition) is 3. The van der Waals surface area contributed by atoms with E-state index in [2.05, 4.69) is 20.9 Å². The molecule has 0 amide bonds. The van der Waals surface area contributed by atoms with Gasteiger partial charge in [0.1, 0.15) is 5.69 Å². The number of aromatic nitrogens is 4. The van der Waals surface area contributed by atoms with Crippen LogP contribution in [-0.4, -0.2) is 19.6 Å². The van der Waals surface area contributed by atoms with E-state index in [1.165, 1.54) is 0 Å². The van der Waals surface area contributed by atoms with Crippen molar-refractivity contribution in [1.82, 2.24) is 19.6 Å². The molecule has 3 aromatic rings. The molecule has 18 heavy (non-hydrogen) atoms. The lowest BCUT2D eigenvalue weighted by Gasteiger charge is -2.02. The highest BCUT2D eigenvalue weighted by Gasteiger charge is 2.06. The monoisotopic (exact) mass is 237 g/mol. The molecule has 0 radical (unpaired) electrons. The van der Waals surface area contributed by atoms with Gasteiger partial charge < -0.3 is 4.57 Å². The van der Waals surface area contributed by atoms with Crippen molar-refractivity contribution in [1.29, 1.82) is 5.26 Å². The van der Waals surface area contributed by atoms with E-state index in [-0.39, 0.29) is 0 Å². The molecule has 3 rings (SSSR count). The molecule has 2 heterocycles. The number of aryl methyl sites for hydroxylation is 1. The zero-order valence-electron chi connectivity index (χ0n) is 9.91. The van der Waals surface area contributed by atoms with E-state index in [9.17, 15) is 0 Å². The zero-order chi connectivity index (χ0) is 12.5. The first-order valence-electron chi connectivity index (χ1n) is 5.61. The number of fused-ring (bicyclic) bond motifs is 1. The molecule has 0 aliphatic carbocycles. The molecule has 0 aliphatic rings. The number of benzene rings is 1. The van der Waals surface area contributed by atoms with Gasteiger partial charge in [0, 0.05) is 30.3 Å². The highest BCUT2D eigenvalue weighted by molar-refractivity contribution is 5.86. The Morgan fingerprint density at radius 3 is 2.94 bits per heavy atom. The predicted molar refractivity (Wildman–Crippen MR) is 66.8 cm³/mol. The van der Waals surface area contributed by atoms with Crippen LogP contribution < -0.4 is 0 Å². The standard InChI is InChI=1S/C13H11N5/c1-17-8-11(15-16-17)9-18-6-5-12-10(7-14)3-2-4-13(12)18/h2-6,8H,9H2,1H3. The summed E-state index contributed by atoms with van der Waals surface area (Å²) in [4.78, 5) is 0. The summed E-state index contributed by atoms with van der Waals surface area (Å²) in [5.41, 5.74) is 2.64. The lowest BCUT2D eigenvalue weighted by molar-refractivity contribution is 0.711. The lowest BCUT2D eigenvalue weighted by atomic mass is 10.1. The van der Waals surface area contributed by atoms with E-state index >= 15 is 0 Å². The molecule has 5 nitrogen and oxygen atoms in total. The average Bonchev–Trinajstić information content (AvgIpc) is 2.97. The van der Waals surface area contributed by atoms with Gasteiger partial charge in [0.05, 0.1) is 18.2 Å². The van der Waals surface area contributed by atoms with Crippen LogP contribution in [0.2, 0.25) is 0 Å². The van der Waals surface area contributed by atoms with Crippen molar-refractivity contribution in [3.63, 3.8) is 0 Å². The minimum Gasteiger partial charge on any atom is -0.341 e. The maximum Gasteiger partial charge on any atom is 0.102 e. The van der Waals surface area contributed by atoms with E-state index in [1.54, 1.807) is 4.68 Å². The molecule has 0 bridgehead atoms. The first-order valence-corrected chi connectivity index (χ1v) is 5.61. The molecule has 0 spiro atoms. The minimum absolute atomic E-state index is 0.659. The van der Waals surface area contributed by atoms with E-state index in [0.29, 0.717) is 12.1 Å². The van der Waals surface area contributed by atoms with Crippen molar-refractivity contribution in [3.05, 3.63) is 47.9 Å². The molecule has 0 saturated carbocycles. The van der Waals surface area contributed by atoms with Gasteiger partial charge in [-0.2, -0.15) is 5.26 Å². The van der Waals surface area contributed by atoms with Crippen molar-refractivity contribution in [3.8, 4) is 6.07 Å². The number of nitriles is 1. The van der Waals surface area contributed by atoms with E-state index in [4.69, 9.17) is 5.26 Å². The second-order valence-electron chi connectivity index (χ2n) is 4.18. The fourth-order valence-corrected chi connectivity index (χ4v) is 2.10. The van der Waals surface area contributed by atoms with Gasteiger partial charge in [0.15, 0.2) is 0 Å². The van der Waals surface area contributed by atoms with Crippen molar-refractivity contribution < 1.29 is 0 Å². The van der Waals surface area contributed by atoms with Crippen LogP contribution in [0.4, 0.5) is 0 Å². The van der Waals surface area contributed by atoms with Gasteiger partial charge >= 0.3 is 0 Å². The van der Waals surface area contributed by atoms with Crippen molar-refractivity contribution in [2.24, 2.45) is 7.05 Å². The molecule has 0 saturated heterocycles. The number of nitrogens with zero attached hydrogens (tertiary/aromatic N) is 5. The molecule has 0 unspecified atom stereocenters. The summed E-state index contributed by atoms with van der Waals surface area (Å²) in [6.07, 6.45) is 3.86. The third-order valence-electron chi connectivity index (χ3n) is 2.92. The Kier molecular flexibility index (Phi) is 2.34. The predicted octanol–water partition coefficient (Wildman–Crippen LogP) is 1.69. The van der Waals surface area contributed by atoms with E-state index in [1.807, 2.05) is 43.7 Å². The average molecular weight is 237 g/mol. The van der Waals surface area contributed by atoms with Gasteiger partial charge in [-0.1, -0.05) is 11.3 Å². The van der Waals surface area contributed by atoms with Gasteiger partial charge in [-0.25, -0.2) is 0 Å². The van der Waals surface area contributed by atoms with Gasteiger partial charge in [0.2, 0.25) is 0 Å². The Balaban J connectivity index is 2.06. The maximum atomic E-state index is 9.05. The molecular formula is C13H11N5. The van der Waals surface area contributed by atoms with Crippen molar-refractivity contribution in [2.75, 3.05) is 0 Å². The topological polar surface area (TPSA) is 59.4 Å². The van der Waals surface area contributed by atoms with Gasteiger partial charge in [-0.05, 0) is 18.2 Å². The summed E-state index contributed by atoms with van der Waals surface area (Å²) in [5.74, 6) is 0. The third-order valence-corrected chi connectivity index (χ3v) is 2.92. The Labute approximate surface area is 104 Å². The zero-order valence-corrected chi connectivity index (χ0v) is 9.91. The molecule has 0 atom stereocenters. The van der Waals surface area contributed by atoms with Crippen LogP contribution in [0.5, 0.6) is 0 Å². The lowest BCUT2D eigenvalue weighted by Crippen LogP contribution is -1.98. The molecular weight excluding hydrogens is 226 g/mol. The minimum atomic E-state index is 0.659. The Bertz CT molecular complexity index is 744. The SMILES string of the molecule is Cn1cc(Cn2ccc3c(C#N)cccc32)nn1. The molecule has 88 valence electrons. The normalized spacial score (nSPS) is 10.7. The number of hydrogen-bond donors (Lipinski definition) is 0. The largest absolute Gasteiger partial charge is 0.341 e. The third kappa shape index (κ3) is 1.64. The van der Waals surface area contributed by atoms with Crippen LogP contribution >= 0.6 is 0 Å². The van der Waals surface area contributed by atoms with Gasteiger partial charge in [-0.3, -0.25) is 4.68 Å². The maximum absolute atomic E-state index is 9.05. The summed E-state index contributed by atoms with van der Waals surface area (Å²) in [6.45, 7) is 0.659. The highest BCUT2D eigenvalue weighted by atomic mass is 15.4. The molecule has 5 heteroatoms. The Morgan fingerprint density at radius 1 is 1.33 bits per heavy atom. The van der Waals surface area contributed by atoms with Crippen LogP contribution in [0, 0.1) is 11.3 Å². The Hall–Kier alpha value is -2.61. The Morgan fingerprint density at radius 2 is 2.22 bits per heavy atom. The van der Waals surface area contributed by atoms with Crippen LogP contribution in [0.3, 0.4) is 0 Å². The first kappa shape index (κ1) is 10.5. The molecule has 2 aromatic heterocycles. The van der Waals surface area contributed by atoms with E-state index in [0.717, 1.165) is 16.6 Å². The summed E-state index contributed by atoms with van der Waals surface area (Å²) < 4.78 is 3.75. The number of rotatable bonds is 2. The molecule has 0 N–H and O–H groups in total. The van der Waals surface area contributed by atoms with Crippen molar-refractivity contribution in [2.45, 2.75) is 6.54 Å². The summed E-state index contributed by atoms with van der Waals surface area (Å²) in [6, 6.07) is 9.90. The smallest absolute Gasteiger partial charge is 0.102 e. The molecule has 0 aliphatic heterocycles. The summed E-state index contributed by atoms with van der Waals surface area (Å²) in [5, 5.41) is 18.0. The fraction of sp³-hybridized carbons (Fsp3) is 0.154. The fourth-order valence-electron chi connectivity index (χ4n) is 2.10. The summed E-state index contributed by atoms with van der Waals surface area (Å²) >= 11 is 0. The van der Waals surface area contributed by atoms with Crippen LogP contribution in [0.1, 0.15) is 11.3 Å². The second-order valence-corrected chi connectivity index (χ2v) is 4.18. The van der Waals surface area contributed by atoms with Gasteiger partial charge in [0.25, 0.3) is 0 Å². The second kappa shape index (κ2) is 4.00. The first-order chi connectivity index (χ1) is 8.78. The molecule has 0 fully saturated rings.